The lowest BCUT2D eigenvalue weighted by molar-refractivity contribution is 0.528. The largest absolute Gasteiger partial charge is 0.385 e. The van der Waals surface area contributed by atoms with Crippen molar-refractivity contribution in [3.8, 4) is 0 Å². The fraction of sp³-hybridized carbons (Fsp3) is 0.769. The predicted octanol–water partition coefficient (Wildman–Crippen LogP) is 9.06. The van der Waals surface area contributed by atoms with Gasteiger partial charge < -0.3 is 5.32 Å². The number of rotatable bonds is 19. The molecule has 1 aromatic rings. The minimum Gasteiger partial charge on any atom is -0.385 e. The highest BCUT2D eigenvalue weighted by atomic mass is 14.9. The van der Waals surface area contributed by atoms with Crippen molar-refractivity contribution in [2.45, 2.75) is 123 Å². The first-order valence-corrected chi connectivity index (χ1v) is 12.1. The van der Waals surface area contributed by atoms with Gasteiger partial charge in [-0.3, -0.25) is 0 Å². The van der Waals surface area contributed by atoms with E-state index in [2.05, 4.69) is 43.4 Å². The SMILES string of the molecule is CCCCCCCCCCCCCCCCCCCNc1ccc(C)cc1. The molecule has 0 atom stereocenters. The van der Waals surface area contributed by atoms with E-state index in [0.717, 1.165) is 6.54 Å². The Morgan fingerprint density at radius 3 is 1.30 bits per heavy atom. The van der Waals surface area contributed by atoms with Crippen LogP contribution in [0.15, 0.2) is 24.3 Å². The molecule has 0 amide bonds. The second-order valence-corrected chi connectivity index (χ2v) is 8.45. The highest BCUT2D eigenvalue weighted by Crippen LogP contribution is 2.14. The van der Waals surface area contributed by atoms with E-state index in [1.165, 1.54) is 120 Å². The van der Waals surface area contributed by atoms with Crippen molar-refractivity contribution in [3.63, 3.8) is 0 Å². The maximum absolute atomic E-state index is 3.52. The van der Waals surface area contributed by atoms with E-state index in [0.29, 0.717) is 0 Å². The molecule has 0 radical (unpaired) electrons. The summed E-state index contributed by atoms with van der Waals surface area (Å²) < 4.78 is 0. The third kappa shape index (κ3) is 15.7. The number of anilines is 1. The Kier molecular flexibility index (Phi) is 16.4. The molecule has 0 saturated carbocycles. The van der Waals surface area contributed by atoms with Crippen LogP contribution in [0, 0.1) is 6.92 Å². The molecule has 0 unspecified atom stereocenters. The van der Waals surface area contributed by atoms with Crippen LogP contribution in [0.1, 0.15) is 122 Å². The van der Waals surface area contributed by atoms with Crippen molar-refractivity contribution in [2.75, 3.05) is 11.9 Å². The molecule has 1 nitrogen and oxygen atoms in total. The number of benzene rings is 1. The predicted molar refractivity (Wildman–Crippen MR) is 124 cm³/mol. The normalized spacial score (nSPS) is 11.0. The molecule has 0 aliphatic carbocycles. The topological polar surface area (TPSA) is 12.0 Å². The van der Waals surface area contributed by atoms with Crippen LogP contribution in [0.4, 0.5) is 5.69 Å². The van der Waals surface area contributed by atoms with Gasteiger partial charge in [0.1, 0.15) is 0 Å². The van der Waals surface area contributed by atoms with Crippen molar-refractivity contribution >= 4 is 5.69 Å². The average Bonchev–Trinajstić information content (AvgIpc) is 2.68. The number of nitrogens with one attached hydrogen (secondary N) is 1. The van der Waals surface area contributed by atoms with Gasteiger partial charge in [0.05, 0.1) is 0 Å². The van der Waals surface area contributed by atoms with Gasteiger partial charge in [-0.1, -0.05) is 127 Å². The molecule has 1 rings (SSSR count). The van der Waals surface area contributed by atoms with Crippen LogP contribution in [0.25, 0.3) is 0 Å². The molecule has 27 heavy (non-hydrogen) atoms. The summed E-state index contributed by atoms with van der Waals surface area (Å²) in [6.45, 7) is 5.55. The zero-order valence-electron chi connectivity index (χ0n) is 18.5. The number of hydrogen-bond donors (Lipinski definition) is 1. The van der Waals surface area contributed by atoms with Crippen molar-refractivity contribution in [1.29, 1.82) is 0 Å². The van der Waals surface area contributed by atoms with Crippen molar-refractivity contribution in [2.24, 2.45) is 0 Å². The van der Waals surface area contributed by atoms with E-state index in [-0.39, 0.29) is 0 Å². The Morgan fingerprint density at radius 1 is 0.519 bits per heavy atom. The number of aryl methyl sites for hydroxylation is 1. The second kappa shape index (κ2) is 18.4. The fourth-order valence-corrected chi connectivity index (χ4v) is 3.75. The van der Waals surface area contributed by atoms with Gasteiger partial charge in [0.2, 0.25) is 0 Å². The molecular formula is C26H47N. The van der Waals surface area contributed by atoms with Gasteiger partial charge in [0, 0.05) is 12.2 Å². The third-order valence-corrected chi connectivity index (χ3v) is 5.66. The third-order valence-electron chi connectivity index (χ3n) is 5.66. The summed E-state index contributed by atoms with van der Waals surface area (Å²) >= 11 is 0. The van der Waals surface area contributed by atoms with Gasteiger partial charge in [-0.15, -0.1) is 0 Å². The molecular weight excluding hydrogens is 326 g/mol. The Hall–Kier alpha value is -0.980. The summed E-state index contributed by atoms with van der Waals surface area (Å²) in [6.07, 6.45) is 24.4. The monoisotopic (exact) mass is 373 g/mol. The average molecular weight is 374 g/mol. The number of unbranched alkanes of at least 4 members (excludes halogenated alkanes) is 16. The first-order valence-electron chi connectivity index (χ1n) is 12.1. The van der Waals surface area contributed by atoms with Crippen LogP contribution in [-0.2, 0) is 0 Å². The Morgan fingerprint density at radius 2 is 0.889 bits per heavy atom. The fourth-order valence-electron chi connectivity index (χ4n) is 3.75. The highest BCUT2D eigenvalue weighted by Gasteiger charge is 1.95. The first-order chi connectivity index (χ1) is 13.3. The van der Waals surface area contributed by atoms with Crippen LogP contribution in [-0.4, -0.2) is 6.54 Å². The lowest BCUT2D eigenvalue weighted by Crippen LogP contribution is -2.01. The molecule has 0 fully saturated rings. The van der Waals surface area contributed by atoms with Crippen LogP contribution < -0.4 is 5.32 Å². The molecule has 156 valence electrons. The Balaban J connectivity index is 1.71. The minimum atomic E-state index is 1.11. The summed E-state index contributed by atoms with van der Waals surface area (Å²) in [5, 5.41) is 3.52. The summed E-state index contributed by atoms with van der Waals surface area (Å²) in [6, 6.07) is 8.72. The van der Waals surface area contributed by atoms with Gasteiger partial charge in [0.15, 0.2) is 0 Å². The number of hydrogen-bond acceptors (Lipinski definition) is 1. The van der Waals surface area contributed by atoms with Crippen molar-refractivity contribution < 1.29 is 0 Å². The lowest BCUT2D eigenvalue weighted by Gasteiger charge is -2.07. The van der Waals surface area contributed by atoms with Crippen LogP contribution >= 0.6 is 0 Å². The summed E-state index contributed by atoms with van der Waals surface area (Å²) in [7, 11) is 0. The maximum Gasteiger partial charge on any atom is 0.0340 e. The molecule has 0 bridgehead atoms. The minimum absolute atomic E-state index is 1.11. The van der Waals surface area contributed by atoms with E-state index in [9.17, 15) is 0 Å². The van der Waals surface area contributed by atoms with E-state index >= 15 is 0 Å². The van der Waals surface area contributed by atoms with E-state index in [1.807, 2.05) is 0 Å². The van der Waals surface area contributed by atoms with Crippen molar-refractivity contribution in [1.82, 2.24) is 0 Å². The van der Waals surface area contributed by atoms with E-state index < -0.39 is 0 Å². The zero-order valence-corrected chi connectivity index (χ0v) is 18.5. The molecule has 0 saturated heterocycles. The molecule has 1 heteroatoms. The summed E-state index contributed by atoms with van der Waals surface area (Å²) in [5.41, 5.74) is 2.59. The second-order valence-electron chi connectivity index (χ2n) is 8.45. The van der Waals surface area contributed by atoms with E-state index in [4.69, 9.17) is 0 Å². The Bertz CT molecular complexity index is 409. The summed E-state index contributed by atoms with van der Waals surface area (Å²) in [4.78, 5) is 0. The molecule has 0 aromatic heterocycles. The molecule has 1 aromatic carbocycles. The van der Waals surface area contributed by atoms with Gasteiger partial charge in [-0.2, -0.15) is 0 Å². The molecule has 0 aliphatic rings. The zero-order chi connectivity index (χ0) is 19.4. The van der Waals surface area contributed by atoms with Gasteiger partial charge >= 0.3 is 0 Å². The van der Waals surface area contributed by atoms with Gasteiger partial charge in [-0.25, -0.2) is 0 Å². The maximum atomic E-state index is 3.52. The smallest absolute Gasteiger partial charge is 0.0340 e. The lowest BCUT2D eigenvalue weighted by atomic mass is 10.0. The van der Waals surface area contributed by atoms with Gasteiger partial charge in [-0.05, 0) is 25.5 Å². The van der Waals surface area contributed by atoms with Crippen LogP contribution in [0.3, 0.4) is 0 Å². The summed E-state index contributed by atoms with van der Waals surface area (Å²) in [5.74, 6) is 0. The van der Waals surface area contributed by atoms with Crippen LogP contribution in [0.5, 0.6) is 0 Å². The van der Waals surface area contributed by atoms with Crippen molar-refractivity contribution in [3.05, 3.63) is 29.8 Å². The standard InChI is InChI=1S/C26H47N/c1-3-4-5-6-7-8-9-10-11-12-13-14-15-16-17-18-19-24-27-26-22-20-25(2)21-23-26/h20-23,27H,3-19,24H2,1-2H3. The molecule has 0 aliphatic heterocycles. The molecule has 1 N–H and O–H groups in total. The highest BCUT2D eigenvalue weighted by molar-refractivity contribution is 5.44. The molecule has 0 heterocycles. The molecule has 0 spiro atoms. The van der Waals surface area contributed by atoms with Crippen LogP contribution in [0.2, 0.25) is 0 Å². The van der Waals surface area contributed by atoms with E-state index in [1.54, 1.807) is 0 Å². The van der Waals surface area contributed by atoms with Gasteiger partial charge in [0.25, 0.3) is 0 Å². The first kappa shape index (κ1) is 24.1. The quantitative estimate of drug-likeness (QED) is 0.238. The Labute approximate surface area is 170 Å².